The van der Waals surface area contributed by atoms with Gasteiger partial charge in [-0.1, -0.05) is 27.3 Å². The minimum atomic E-state index is -0.211. The third-order valence-electron chi connectivity index (χ3n) is 3.59. The molecule has 3 aromatic rings. The summed E-state index contributed by atoms with van der Waals surface area (Å²) in [6.07, 6.45) is 0.168. The van der Waals surface area contributed by atoms with Crippen LogP contribution in [0, 0.1) is 0 Å². The Morgan fingerprint density at radius 2 is 1.96 bits per heavy atom. The van der Waals surface area contributed by atoms with Gasteiger partial charge in [0.2, 0.25) is 5.91 Å². The summed E-state index contributed by atoms with van der Waals surface area (Å²) in [6.45, 7) is 0.249. The van der Waals surface area contributed by atoms with E-state index in [-0.39, 0.29) is 24.8 Å². The van der Waals surface area contributed by atoms with Crippen LogP contribution in [0.25, 0.3) is 10.2 Å². The van der Waals surface area contributed by atoms with Crippen molar-refractivity contribution < 1.29 is 14.3 Å². The third-order valence-corrected chi connectivity index (χ3v) is 5.05. The number of amides is 2. The van der Waals surface area contributed by atoms with Crippen molar-refractivity contribution in [3.63, 3.8) is 0 Å². The van der Waals surface area contributed by atoms with Gasteiger partial charge in [0, 0.05) is 23.0 Å². The van der Waals surface area contributed by atoms with E-state index in [4.69, 9.17) is 4.74 Å². The van der Waals surface area contributed by atoms with Crippen molar-refractivity contribution in [2.75, 3.05) is 19.0 Å². The number of halogens is 1. The number of methoxy groups -OCH3 is 1. The summed E-state index contributed by atoms with van der Waals surface area (Å²) in [5, 5.41) is 6.01. The Balaban J connectivity index is 1.51. The summed E-state index contributed by atoms with van der Waals surface area (Å²) >= 11 is 4.70. The number of hydrogen-bond donors (Lipinski definition) is 2. The molecule has 8 heteroatoms. The predicted octanol–water partition coefficient (Wildman–Crippen LogP) is 3.83. The molecular formula is C18H16BrN3O3S. The first-order valence-electron chi connectivity index (χ1n) is 7.83. The highest BCUT2D eigenvalue weighted by Gasteiger charge is 2.10. The molecule has 0 radical (unpaired) electrons. The lowest BCUT2D eigenvalue weighted by Gasteiger charge is -2.05. The van der Waals surface area contributed by atoms with Gasteiger partial charge in [-0.2, -0.15) is 0 Å². The Morgan fingerprint density at radius 3 is 2.69 bits per heavy atom. The maximum absolute atomic E-state index is 12.0. The zero-order chi connectivity index (χ0) is 18.5. The van der Waals surface area contributed by atoms with E-state index in [1.807, 2.05) is 18.2 Å². The summed E-state index contributed by atoms with van der Waals surface area (Å²) in [5.74, 6) is 0.333. The molecule has 0 spiro atoms. The summed E-state index contributed by atoms with van der Waals surface area (Å²) < 4.78 is 7.02. The van der Waals surface area contributed by atoms with Gasteiger partial charge in [0.05, 0.1) is 17.3 Å². The van der Waals surface area contributed by atoms with Crippen LogP contribution in [0.2, 0.25) is 0 Å². The molecule has 1 heterocycles. The van der Waals surface area contributed by atoms with E-state index in [2.05, 4.69) is 31.5 Å². The first kappa shape index (κ1) is 18.3. The second kappa shape index (κ2) is 8.29. The average Bonchev–Trinajstić information content (AvgIpc) is 3.03. The fourth-order valence-corrected chi connectivity index (χ4v) is 3.43. The lowest BCUT2D eigenvalue weighted by Crippen LogP contribution is -2.27. The number of nitrogens with one attached hydrogen (secondary N) is 2. The molecule has 1 aromatic heterocycles. The smallest absolute Gasteiger partial charge is 0.251 e. The minimum absolute atomic E-state index is 0.168. The number of nitrogens with zero attached hydrogens (tertiary/aromatic N) is 1. The number of carbonyl (C=O) groups excluding carboxylic acids is 2. The first-order valence-corrected chi connectivity index (χ1v) is 9.44. The Bertz CT molecular complexity index is 941. The maximum Gasteiger partial charge on any atom is 0.251 e. The second-order valence-electron chi connectivity index (χ2n) is 5.41. The van der Waals surface area contributed by atoms with Crippen LogP contribution in [0.15, 0.2) is 46.9 Å². The largest absolute Gasteiger partial charge is 0.497 e. The first-order chi connectivity index (χ1) is 12.5. The molecule has 2 N–H and O–H groups in total. The molecule has 2 amide bonds. The highest BCUT2D eigenvalue weighted by atomic mass is 79.9. The van der Waals surface area contributed by atoms with Crippen molar-refractivity contribution >= 4 is 54.4 Å². The van der Waals surface area contributed by atoms with Crippen LogP contribution >= 0.6 is 27.3 Å². The highest BCUT2D eigenvalue weighted by molar-refractivity contribution is 9.10. The molecule has 3 rings (SSSR count). The van der Waals surface area contributed by atoms with Gasteiger partial charge in [-0.3, -0.25) is 9.59 Å². The summed E-state index contributed by atoms with van der Waals surface area (Å²) in [4.78, 5) is 28.4. The normalized spacial score (nSPS) is 10.5. The van der Waals surface area contributed by atoms with E-state index < -0.39 is 0 Å². The number of ether oxygens (including phenoxy) is 1. The van der Waals surface area contributed by atoms with Gasteiger partial charge >= 0.3 is 0 Å². The Labute approximate surface area is 162 Å². The lowest BCUT2D eigenvalue weighted by atomic mass is 10.2. The maximum atomic E-state index is 12.0. The Morgan fingerprint density at radius 1 is 1.19 bits per heavy atom. The molecule has 0 unspecified atom stereocenters. The Hall–Kier alpha value is -2.45. The van der Waals surface area contributed by atoms with Gasteiger partial charge in [-0.15, -0.1) is 0 Å². The van der Waals surface area contributed by atoms with Crippen LogP contribution in [0.1, 0.15) is 16.8 Å². The fraction of sp³-hybridized carbons (Fsp3) is 0.167. The van der Waals surface area contributed by atoms with E-state index >= 15 is 0 Å². The number of benzene rings is 2. The molecule has 0 atom stereocenters. The summed E-state index contributed by atoms with van der Waals surface area (Å²) in [5.41, 5.74) is 1.35. The van der Waals surface area contributed by atoms with Crippen LogP contribution in [0.3, 0.4) is 0 Å². The van der Waals surface area contributed by atoms with Crippen LogP contribution in [-0.4, -0.2) is 30.5 Å². The number of aromatic nitrogens is 1. The van der Waals surface area contributed by atoms with Crippen molar-refractivity contribution in [1.29, 1.82) is 0 Å². The van der Waals surface area contributed by atoms with Crippen LogP contribution in [-0.2, 0) is 4.79 Å². The SMILES string of the molecule is COc1ccc2nc(NC(=O)CCNC(=O)c3ccc(Br)cc3)sc2c1. The lowest BCUT2D eigenvalue weighted by molar-refractivity contribution is -0.116. The predicted molar refractivity (Wildman–Crippen MR) is 106 cm³/mol. The number of hydrogen-bond acceptors (Lipinski definition) is 5. The molecule has 0 aliphatic heterocycles. The van der Waals surface area contributed by atoms with E-state index in [0.29, 0.717) is 10.7 Å². The molecule has 0 saturated heterocycles. The summed E-state index contributed by atoms with van der Waals surface area (Å²) in [6, 6.07) is 12.6. The number of anilines is 1. The molecular weight excluding hydrogens is 418 g/mol. The Kier molecular flexibility index (Phi) is 5.85. The van der Waals surface area contributed by atoms with Crippen molar-refractivity contribution in [2.45, 2.75) is 6.42 Å². The van der Waals surface area contributed by atoms with Crippen molar-refractivity contribution in [3.8, 4) is 5.75 Å². The standard InChI is InChI=1S/C18H16BrN3O3S/c1-25-13-6-7-14-15(10-13)26-18(21-14)22-16(23)8-9-20-17(24)11-2-4-12(19)5-3-11/h2-7,10H,8-9H2,1H3,(H,20,24)(H,21,22,23). The van der Waals surface area contributed by atoms with Gasteiger partial charge in [-0.05, 0) is 42.5 Å². The molecule has 2 aromatic carbocycles. The number of carbonyl (C=O) groups is 2. The van der Waals surface area contributed by atoms with Crippen molar-refractivity contribution in [2.24, 2.45) is 0 Å². The van der Waals surface area contributed by atoms with E-state index in [9.17, 15) is 9.59 Å². The average molecular weight is 434 g/mol. The zero-order valence-electron chi connectivity index (χ0n) is 13.9. The zero-order valence-corrected chi connectivity index (χ0v) is 16.3. The monoisotopic (exact) mass is 433 g/mol. The topological polar surface area (TPSA) is 80.3 Å². The second-order valence-corrected chi connectivity index (χ2v) is 7.36. The molecule has 0 aliphatic rings. The molecule has 0 aliphatic carbocycles. The van der Waals surface area contributed by atoms with Gasteiger partial charge < -0.3 is 15.4 Å². The van der Waals surface area contributed by atoms with Crippen LogP contribution in [0.4, 0.5) is 5.13 Å². The van der Waals surface area contributed by atoms with Gasteiger partial charge in [0.15, 0.2) is 5.13 Å². The number of fused-ring (bicyclic) bond motifs is 1. The minimum Gasteiger partial charge on any atom is -0.497 e. The number of rotatable bonds is 6. The molecule has 0 bridgehead atoms. The van der Waals surface area contributed by atoms with Gasteiger partial charge in [0.1, 0.15) is 5.75 Å². The van der Waals surface area contributed by atoms with Crippen LogP contribution < -0.4 is 15.4 Å². The molecule has 134 valence electrons. The molecule has 0 fully saturated rings. The highest BCUT2D eigenvalue weighted by Crippen LogP contribution is 2.29. The molecule has 0 saturated carbocycles. The van der Waals surface area contributed by atoms with E-state index in [1.165, 1.54) is 11.3 Å². The van der Waals surface area contributed by atoms with E-state index in [0.717, 1.165) is 20.4 Å². The van der Waals surface area contributed by atoms with Gasteiger partial charge in [0.25, 0.3) is 5.91 Å². The van der Waals surface area contributed by atoms with Gasteiger partial charge in [-0.25, -0.2) is 4.98 Å². The molecule has 26 heavy (non-hydrogen) atoms. The van der Waals surface area contributed by atoms with Crippen molar-refractivity contribution in [3.05, 3.63) is 52.5 Å². The number of thiazole rings is 1. The fourth-order valence-electron chi connectivity index (χ4n) is 2.26. The van der Waals surface area contributed by atoms with Crippen LogP contribution in [0.5, 0.6) is 5.75 Å². The quantitative estimate of drug-likeness (QED) is 0.618. The summed E-state index contributed by atoms with van der Waals surface area (Å²) in [7, 11) is 1.60. The van der Waals surface area contributed by atoms with Crippen molar-refractivity contribution in [1.82, 2.24) is 10.3 Å². The third kappa shape index (κ3) is 4.59. The molecule has 6 nitrogen and oxygen atoms in total. The van der Waals surface area contributed by atoms with E-state index in [1.54, 1.807) is 31.4 Å².